The van der Waals surface area contributed by atoms with E-state index in [2.05, 4.69) is 0 Å². The zero-order chi connectivity index (χ0) is 23.1. The SMILES string of the molecule is COc1cc(C)c(C(=O)CCc2cc(O)c(OC)c(OC)c2)cc1OCc1ccccc1. The van der Waals surface area contributed by atoms with Crippen LogP contribution < -0.4 is 18.9 Å². The molecule has 0 aliphatic carbocycles. The molecule has 0 aliphatic heterocycles. The first-order valence-electron chi connectivity index (χ1n) is 10.3. The zero-order valence-corrected chi connectivity index (χ0v) is 18.8. The first-order chi connectivity index (χ1) is 15.5. The van der Waals surface area contributed by atoms with E-state index in [0.29, 0.717) is 35.8 Å². The van der Waals surface area contributed by atoms with E-state index in [0.717, 1.165) is 16.7 Å². The van der Waals surface area contributed by atoms with Crippen LogP contribution in [0.25, 0.3) is 0 Å². The number of hydrogen-bond donors (Lipinski definition) is 1. The second kappa shape index (κ2) is 10.6. The average molecular weight is 437 g/mol. The molecule has 0 saturated heterocycles. The summed E-state index contributed by atoms with van der Waals surface area (Å²) in [6.45, 7) is 2.25. The third-order valence-electron chi connectivity index (χ3n) is 5.21. The van der Waals surface area contributed by atoms with Gasteiger partial charge in [0.15, 0.2) is 28.8 Å². The number of aromatic hydroxyl groups is 1. The minimum Gasteiger partial charge on any atom is -0.504 e. The van der Waals surface area contributed by atoms with E-state index in [4.69, 9.17) is 18.9 Å². The van der Waals surface area contributed by atoms with Gasteiger partial charge in [0.1, 0.15) is 6.61 Å². The molecule has 1 N–H and O–H groups in total. The van der Waals surface area contributed by atoms with Gasteiger partial charge < -0.3 is 24.1 Å². The molecule has 0 radical (unpaired) electrons. The van der Waals surface area contributed by atoms with Gasteiger partial charge in [-0.05, 0) is 54.3 Å². The lowest BCUT2D eigenvalue weighted by Gasteiger charge is -2.15. The monoisotopic (exact) mass is 436 g/mol. The van der Waals surface area contributed by atoms with Crippen LogP contribution in [-0.4, -0.2) is 32.2 Å². The van der Waals surface area contributed by atoms with Gasteiger partial charge in [-0.1, -0.05) is 30.3 Å². The van der Waals surface area contributed by atoms with Crippen LogP contribution >= 0.6 is 0 Å². The van der Waals surface area contributed by atoms with Gasteiger partial charge in [-0.15, -0.1) is 0 Å². The van der Waals surface area contributed by atoms with Crippen molar-refractivity contribution in [1.82, 2.24) is 0 Å². The minimum absolute atomic E-state index is 0.0217. The number of methoxy groups -OCH3 is 3. The van der Waals surface area contributed by atoms with E-state index < -0.39 is 0 Å². The Morgan fingerprint density at radius 1 is 0.844 bits per heavy atom. The Hall–Kier alpha value is -3.67. The summed E-state index contributed by atoms with van der Waals surface area (Å²) in [6, 6.07) is 16.7. The van der Waals surface area contributed by atoms with Gasteiger partial charge in [0.25, 0.3) is 0 Å². The topological polar surface area (TPSA) is 74.2 Å². The highest BCUT2D eigenvalue weighted by Gasteiger charge is 2.17. The fraction of sp³-hybridized carbons (Fsp3) is 0.269. The third kappa shape index (κ3) is 5.32. The Morgan fingerprint density at radius 3 is 2.22 bits per heavy atom. The summed E-state index contributed by atoms with van der Waals surface area (Å²) in [5.41, 5.74) is 3.20. The fourth-order valence-electron chi connectivity index (χ4n) is 3.51. The first kappa shape index (κ1) is 23.0. The number of carbonyl (C=O) groups excluding carboxylic acids is 1. The van der Waals surface area contributed by atoms with Crippen molar-refractivity contribution in [2.45, 2.75) is 26.4 Å². The second-order valence-electron chi connectivity index (χ2n) is 7.37. The lowest BCUT2D eigenvalue weighted by Crippen LogP contribution is -2.06. The van der Waals surface area contributed by atoms with Crippen LogP contribution in [-0.2, 0) is 13.0 Å². The quantitative estimate of drug-likeness (QED) is 0.445. The number of rotatable bonds is 10. The van der Waals surface area contributed by atoms with E-state index in [1.165, 1.54) is 14.2 Å². The smallest absolute Gasteiger partial charge is 0.203 e. The van der Waals surface area contributed by atoms with E-state index >= 15 is 0 Å². The van der Waals surface area contributed by atoms with Crippen LogP contribution in [0.15, 0.2) is 54.6 Å². The Balaban J connectivity index is 1.76. The summed E-state index contributed by atoms with van der Waals surface area (Å²) < 4.78 is 21.8. The molecule has 0 aromatic heterocycles. The largest absolute Gasteiger partial charge is 0.504 e. The van der Waals surface area contributed by atoms with Gasteiger partial charge >= 0.3 is 0 Å². The average Bonchev–Trinajstić information content (AvgIpc) is 2.81. The van der Waals surface area contributed by atoms with Crippen molar-refractivity contribution in [3.05, 3.63) is 76.9 Å². The number of ether oxygens (including phenoxy) is 4. The maximum absolute atomic E-state index is 13.0. The van der Waals surface area contributed by atoms with Crippen molar-refractivity contribution in [2.24, 2.45) is 0 Å². The van der Waals surface area contributed by atoms with Crippen LogP contribution in [0.3, 0.4) is 0 Å². The molecule has 3 aromatic carbocycles. The predicted molar refractivity (Wildman–Crippen MR) is 122 cm³/mol. The molecule has 0 atom stereocenters. The van der Waals surface area contributed by atoms with Crippen molar-refractivity contribution in [1.29, 1.82) is 0 Å². The number of hydrogen-bond acceptors (Lipinski definition) is 6. The van der Waals surface area contributed by atoms with Crippen molar-refractivity contribution < 1.29 is 28.8 Å². The van der Waals surface area contributed by atoms with Crippen LogP contribution in [0, 0.1) is 6.92 Å². The molecular weight excluding hydrogens is 408 g/mol. The standard InChI is InChI=1S/C26H28O6/c1-17-12-23(29-2)24(32-16-18-8-6-5-7-9-18)15-20(17)21(27)11-10-19-13-22(28)26(31-4)25(14-19)30-3/h5-9,12-15,28H,10-11,16H2,1-4H3. The number of ketones is 1. The lowest BCUT2D eigenvalue weighted by atomic mass is 9.98. The Kier molecular flexibility index (Phi) is 7.60. The molecule has 3 aromatic rings. The summed E-state index contributed by atoms with van der Waals surface area (Å²) in [7, 11) is 4.55. The first-order valence-corrected chi connectivity index (χ1v) is 10.3. The van der Waals surface area contributed by atoms with Crippen LogP contribution in [0.4, 0.5) is 0 Å². The molecule has 3 rings (SSSR count). The number of Topliss-reactive ketones (excluding diaryl/α,β-unsaturated/α-hetero) is 1. The van der Waals surface area contributed by atoms with Crippen molar-refractivity contribution in [3.8, 4) is 28.7 Å². The molecule has 0 aliphatic rings. The molecule has 6 heteroatoms. The Bertz CT molecular complexity index is 1080. The molecule has 6 nitrogen and oxygen atoms in total. The minimum atomic E-state index is -0.0241. The zero-order valence-electron chi connectivity index (χ0n) is 18.8. The van der Waals surface area contributed by atoms with Gasteiger partial charge in [0, 0.05) is 12.0 Å². The van der Waals surface area contributed by atoms with Crippen LogP contribution in [0.1, 0.15) is 33.5 Å². The molecule has 0 bridgehead atoms. The molecule has 0 spiro atoms. The number of phenolic OH excluding ortho intramolecular Hbond substituents is 1. The van der Waals surface area contributed by atoms with Gasteiger partial charge in [-0.25, -0.2) is 0 Å². The molecule has 0 heterocycles. The summed E-state index contributed by atoms with van der Waals surface area (Å²) in [5.74, 6) is 1.75. The summed E-state index contributed by atoms with van der Waals surface area (Å²) >= 11 is 0. The van der Waals surface area contributed by atoms with Gasteiger partial charge in [0.2, 0.25) is 5.75 Å². The molecular formula is C26H28O6. The number of phenols is 1. The molecule has 0 unspecified atom stereocenters. The molecule has 168 valence electrons. The number of aryl methyl sites for hydroxylation is 2. The van der Waals surface area contributed by atoms with Crippen LogP contribution in [0.2, 0.25) is 0 Å². The van der Waals surface area contributed by atoms with Crippen LogP contribution in [0.5, 0.6) is 28.7 Å². The normalized spacial score (nSPS) is 10.5. The van der Waals surface area contributed by atoms with E-state index in [-0.39, 0.29) is 23.7 Å². The number of carbonyl (C=O) groups is 1. The highest BCUT2D eigenvalue weighted by atomic mass is 16.5. The van der Waals surface area contributed by atoms with E-state index in [1.54, 1.807) is 25.3 Å². The van der Waals surface area contributed by atoms with Crippen molar-refractivity contribution in [3.63, 3.8) is 0 Å². The highest BCUT2D eigenvalue weighted by Crippen LogP contribution is 2.38. The van der Waals surface area contributed by atoms with Crippen molar-refractivity contribution >= 4 is 5.78 Å². The van der Waals surface area contributed by atoms with E-state index in [1.807, 2.05) is 43.3 Å². The Morgan fingerprint density at radius 2 is 1.56 bits per heavy atom. The summed E-state index contributed by atoms with van der Waals surface area (Å²) in [4.78, 5) is 13.0. The highest BCUT2D eigenvalue weighted by molar-refractivity contribution is 5.98. The predicted octanol–water partition coefficient (Wildman–Crippen LogP) is 5.12. The van der Waals surface area contributed by atoms with Gasteiger partial charge in [0.05, 0.1) is 21.3 Å². The van der Waals surface area contributed by atoms with E-state index in [9.17, 15) is 9.90 Å². The summed E-state index contributed by atoms with van der Waals surface area (Å²) in [6.07, 6.45) is 0.707. The number of benzene rings is 3. The van der Waals surface area contributed by atoms with Gasteiger partial charge in [-0.3, -0.25) is 4.79 Å². The molecule has 0 saturated carbocycles. The van der Waals surface area contributed by atoms with Crippen molar-refractivity contribution in [2.75, 3.05) is 21.3 Å². The molecule has 32 heavy (non-hydrogen) atoms. The fourth-order valence-corrected chi connectivity index (χ4v) is 3.51. The molecule has 0 fully saturated rings. The Labute approximate surface area is 188 Å². The third-order valence-corrected chi connectivity index (χ3v) is 5.21. The second-order valence-corrected chi connectivity index (χ2v) is 7.37. The lowest BCUT2D eigenvalue weighted by molar-refractivity contribution is 0.0981. The van der Waals surface area contributed by atoms with Gasteiger partial charge in [-0.2, -0.15) is 0 Å². The maximum atomic E-state index is 13.0. The molecule has 0 amide bonds. The maximum Gasteiger partial charge on any atom is 0.203 e. The summed E-state index contributed by atoms with van der Waals surface area (Å²) in [5, 5.41) is 10.2.